The van der Waals surface area contributed by atoms with Crippen molar-refractivity contribution >= 4 is 39.3 Å². The molecule has 2 rings (SSSR count). The molecule has 0 unspecified atom stereocenters. The molecule has 0 radical (unpaired) electrons. The number of imidazole rings is 1. The largest absolute Gasteiger partial charge is 0.328 e. The van der Waals surface area contributed by atoms with Crippen LogP contribution in [0.15, 0.2) is 16.7 Å². The SMILES string of the molecule is S=c1[nH]c2nccc(Br)c2[nH]1. The first-order valence-electron chi connectivity index (χ1n) is 3.00. The minimum Gasteiger partial charge on any atom is -0.328 e. The van der Waals surface area contributed by atoms with Gasteiger partial charge in [-0.15, -0.1) is 0 Å². The van der Waals surface area contributed by atoms with Gasteiger partial charge in [-0.2, -0.15) is 0 Å². The van der Waals surface area contributed by atoms with Crippen molar-refractivity contribution in [3.63, 3.8) is 0 Å². The van der Waals surface area contributed by atoms with Crippen molar-refractivity contribution in [1.82, 2.24) is 15.0 Å². The highest BCUT2D eigenvalue weighted by molar-refractivity contribution is 9.10. The fraction of sp³-hybridized carbons (Fsp3) is 0. The van der Waals surface area contributed by atoms with Gasteiger partial charge in [-0.25, -0.2) is 4.98 Å². The van der Waals surface area contributed by atoms with E-state index >= 15 is 0 Å². The van der Waals surface area contributed by atoms with E-state index in [9.17, 15) is 0 Å². The number of nitrogens with zero attached hydrogens (tertiary/aromatic N) is 1. The topological polar surface area (TPSA) is 44.5 Å². The first-order valence-corrected chi connectivity index (χ1v) is 4.20. The van der Waals surface area contributed by atoms with Crippen molar-refractivity contribution < 1.29 is 0 Å². The van der Waals surface area contributed by atoms with Crippen LogP contribution in [-0.2, 0) is 0 Å². The van der Waals surface area contributed by atoms with Crippen molar-refractivity contribution in [3.05, 3.63) is 21.5 Å². The molecule has 0 bridgehead atoms. The summed E-state index contributed by atoms with van der Waals surface area (Å²) in [6.07, 6.45) is 1.71. The first-order chi connectivity index (χ1) is 5.27. The number of pyridine rings is 1. The second-order valence-corrected chi connectivity index (χ2v) is 3.36. The van der Waals surface area contributed by atoms with Crippen molar-refractivity contribution in [2.75, 3.05) is 0 Å². The van der Waals surface area contributed by atoms with Gasteiger partial charge in [0.2, 0.25) is 0 Å². The Bertz CT molecular complexity index is 444. The van der Waals surface area contributed by atoms with Crippen LogP contribution in [0.2, 0.25) is 0 Å². The molecule has 2 heterocycles. The fourth-order valence-electron chi connectivity index (χ4n) is 0.904. The lowest BCUT2D eigenvalue weighted by Crippen LogP contribution is -1.75. The summed E-state index contributed by atoms with van der Waals surface area (Å²) in [6.45, 7) is 0. The third-order valence-electron chi connectivity index (χ3n) is 1.37. The lowest BCUT2D eigenvalue weighted by molar-refractivity contribution is 1.27. The van der Waals surface area contributed by atoms with Gasteiger partial charge < -0.3 is 9.97 Å². The Labute approximate surface area is 76.0 Å². The molecule has 0 aliphatic heterocycles. The maximum atomic E-state index is 4.90. The summed E-state index contributed by atoms with van der Waals surface area (Å²) in [5, 5.41) is 0. The molecular weight excluding hydrogens is 226 g/mol. The van der Waals surface area contributed by atoms with Crippen molar-refractivity contribution in [2.45, 2.75) is 0 Å². The molecule has 0 saturated carbocycles. The summed E-state index contributed by atoms with van der Waals surface area (Å²) >= 11 is 8.27. The minimum atomic E-state index is 0.597. The van der Waals surface area contributed by atoms with Gasteiger partial charge in [-0.1, -0.05) is 0 Å². The van der Waals surface area contributed by atoms with Gasteiger partial charge in [0.25, 0.3) is 0 Å². The number of aromatic amines is 2. The number of halogens is 1. The van der Waals surface area contributed by atoms with E-state index in [2.05, 4.69) is 30.9 Å². The molecule has 0 fully saturated rings. The van der Waals surface area contributed by atoms with E-state index in [1.807, 2.05) is 6.07 Å². The predicted molar refractivity (Wildman–Crippen MR) is 49.0 cm³/mol. The summed E-state index contributed by atoms with van der Waals surface area (Å²) in [4.78, 5) is 9.97. The van der Waals surface area contributed by atoms with Crippen LogP contribution < -0.4 is 0 Å². The fourth-order valence-corrected chi connectivity index (χ4v) is 1.51. The summed E-state index contributed by atoms with van der Waals surface area (Å²) in [5.41, 5.74) is 1.70. The second kappa shape index (κ2) is 2.42. The summed E-state index contributed by atoms with van der Waals surface area (Å²) in [6, 6.07) is 1.86. The van der Waals surface area contributed by atoms with E-state index in [0.29, 0.717) is 4.77 Å². The molecular formula is C6H4BrN3S. The Morgan fingerprint density at radius 3 is 3.00 bits per heavy atom. The van der Waals surface area contributed by atoms with E-state index in [1.54, 1.807) is 6.20 Å². The molecule has 0 aliphatic rings. The lowest BCUT2D eigenvalue weighted by Gasteiger charge is -1.88. The monoisotopic (exact) mass is 229 g/mol. The molecule has 5 heteroatoms. The van der Waals surface area contributed by atoms with Crippen LogP contribution in [0.5, 0.6) is 0 Å². The van der Waals surface area contributed by atoms with Crippen molar-refractivity contribution in [1.29, 1.82) is 0 Å². The Hall–Kier alpha value is -0.680. The van der Waals surface area contributed by atoms with E-state index in [4.69, 9.17) is 12.2 Å². The number of H-pyrrole nitrogens is 2. The Kier molecular flexibility index (Phi) is 1.54. The van der Waals surface area contributed by atoms with E-state index in [0.717, 1.165) is 15.6 Å². The smallest absolute Gasteiger partial charge is 0.176 e. The normalized spacial score (nSPS) is 10.6. The quantitative estimate of drug-likeness (QED) is 0.682. The molecule has 11 heavy (non-hydrogen) atoms. The third kappa shape index (κ3) is 1.10. The molecule has 2 aromatic heterocycles. The number of rotatable bonds is 0. The van der Waals surface area contributed by atoms with E-state index in [-0.39, 0.29) is 0 Å². The molecule has 0 amide bonds. The zero-order valence-corrected chi connectivity index (χ0v) is 7.79. The summed E-state index contributed by atoms with van der Waals surface area (Å²) in [7, 11) is 0. The molecule has 2 aromatic rings. The minimum absolute atomic E-state index is 0.597. The highest BCUT2D eigenvalue weighted by atomic mass is 79.9. The number of nitrogens with one attached hydrogen (secondary N) is 2. The average molecular weight is 230 g/mol. The number of fused-ring (bicyclic) bond motifs is 1. The summed E-state index contributed by atoms with van der Waals surface area (Å²) < 4.78 is 1.56. The molecule has 3 nitrogen and oxygen atoms in total. The maximum absolute atomic E-state index is 4.90. The molecule has 2 N–H and O–H groups in total. The molecule has 0 atom stereocenters. The number of aromatic nitrogens is 3. The first kappa shape index (κ1) is 7.00. The average Bonchev–Trinajstić information content (AvgIpc) is 2.31. The Morgan fingerprint density at radius 2 is 2.27 bits per heavy atom. The third-order valence-corrected chi connectivity index (χ3v) is 2.24. The van der Waals surface area contributed by atoms with Crippen LogP contribution >= 0.6 is 28.1 Å². The van der Waals surface area contributed by atoms with Gasteiger partial charge in [0.1, 0.15) is 0 Å². The van der Waals surface area contributed by atoms with Gasteiger partial charge in [0.15, 0.2) is 10.4 Å². The number of hydrogen-bond donors (Lipinski definition) is 2. The standard InChI is InChI=1S/C6H4BrN3S/c7-3-1-2-8-5-4(3)9-6(11)10-5/h1-2H,(H2,8,9,10,11). The zero-order chi connectivity index (χ0) is 7.84. The molecule has 56 valence electrons. The van der Waals surface area contributed by atoms with Crippen LogP contribution in [0.4, 0.5) is 0 Å². The van der Waals surface area contributed by atoms with Crippen LogP contribution in [0.3, 0.4) is 0 Å². The molecule has 0 aromatic carbocycles. The highest BCUT2D eigenvalue weighted by Crippen LogP contribution is 2.17. The molecule has 0 saturated heterocycles. The van der Waals surface area contributed by atoms with Crippen LogP contribution in [0.1, 0.15) is 0 Å². The summed E-state index contributed by atoms with van der Waals surface area (Å²) in [5.74, 6) is 0. The van der Waals surface area contributed by atoms with Crippen molar-refractivity contribution in [3.8, 4) is 0 Å². The number of hydrogen-bond acceptors (Lipinski definition) is 2. The Morgan fingerprint density at radius 1 is 1.45 bits per heavy atom. The predicted octanol–water partition coefficient (Wildman–Crippen LogP) is 2.38. The Balaban J connectivity index is 3.01. The second-order valence-electron chi connectivity index (χ2n) is 2.10. The van der Waals surface area contributed by atoms with Gasteiger partial charge >= 0.3 is 0 Å². The van der Waals surface area contributed by atoms with Gasteiger partial charge in [-0.05, 0) is 34.2 Å². The van der Waals surface area contributed by atoms with E-state index in [1.165, 1.54) is 0 Å². The van der Waals surface area contributed by atoms with Crippen molar-refractivity contribution in [2.24, 2.45) is 0 Å². The van der Waals surface area contributed by atoms with Gasteiger partial charge in [-0.3, -0.25) is 0 Å². The molecule has 0 aliphatic carbocycles. The van der Waals surface area contributed by atoms with Crippen LogP contribution in [0, 0.1) is 4.77 Å². The highest BCUT2D eigenvalue weighted by Gasteiger charge is 1.99. The van der Waals surface area contributed by atoms with E-state index < -0.39 is 0 Å². The maximum Gasteiger partial charge on any atom is 0.176 e. The lowest BCUT2D eigenvalue weighted by atomic mass is 10.4. The van der Waals surface area contributed by atoms with Gasteiger partial charge in [0.05, 0.1) is 5.52 Å². The van der Waals surface area contributed by atoms with Gasteiger partial charge in [0, 0.05) is 10.7 Å². The van der Waals surface area contributed by atoms with Crippen LogP contribution in [-0.4, -0.2) is 15.0 Å². The molecule has 0 spiro atoms. The van der Waals surface area contributed by atoms with Crippen LogP contribution in [0.25, 0.3) is 11.2 Å². The zero-order valence-electron chi connectivity index (χ0n) is 5.39.